The van der Waals surface area contributed by atoms with Gasteiger partial charge in [0, 0.05) is 62.0 Å². The number of piperazine rings is 1. The van der Waals surface area contributed by atoms with Crippen LogP contribution in [0.15, 0.2) is 89.0 Å². The number of para-hydroxylation sites is 1. The molecule has 0 radical (unpaired) electrons. The first-order valence-electron chi connectivity index (χ1n) is 16.6. The standard InChI is InChI=1S/C25H31N9O2.C10H8O6S2/c1-16(34-12-10-32(2)11-13-34)23(35)28-20-7-5-6-17-18(14-27-22(17)20)19-8-9-26-25(29-19)30-21-15-33(3)31-24(21)36-4;11-17(12,13)9-6-5-7-3-1-2-4-8(7)10(9)18(14,15)16/h5-9,14-16,27H,10-13H2,1-4H3,(H,28,35)(H,26,29,30);1-6H,(H,11,12,13)(H,14,15,16). The van der Waals surface area contributed by atoms with Crippen molar-refractivity contribution in [2.75, 3.05) is 51.0 Å². The number of hydrogen-bond donors (Lipinski definition) is 5. The average molecular weight is 778 g/mol. The van der Waals surface area contributed by atoms with Gasteiger partial charge in [-0.15, -0.1) is 5.10 Å². The third kappa shape index (κ3) is 8.35. The van der Waals surface area contributed by atoms with Crippen LogP contribution in [0.5, 0.6) is 5.88 Å². The van der Waals surface area contributed by atoms with Crippen molar-refractivity contribution in [2.24, 2.45) is 7.05 Å². The fourth-order valence-corrected chi connectivity index (χ4v) is 8.17. The van der Waals surface area contributed by atoms with Gasteiger partial charge in [-0.1, -0.05) is 42.5 Å². The number of rotatable bonds is 9. The highest BCUT2D eigenvalue weighted by atomic mass is 32.2. The molecule has 3 aromatic carbocycles. The molecule has 1 amide bonds. The van der Waals surface area contributed by atoms with Gasteiger partial charge in [0.2, 0.25) is 11.9 Å². The van der Waals surface area contributed by atoms with Crippen molar-refractivity contribution in [3.63, 3.8) is 0 Å². The maximum Gasteiger partial charge on any atom is 0.296 e. The lowest BCUT2D eigenvalue weighted by Crippen LogP contribution is -2.51. The second-order valence-corrected chi connectivity index (χ2v) is 15.4. The minimum atomic E-state index is -4.78. The first-order valence-corrected chi connectivity index (χ1v) is 19.5. The zero-order chi connectivity index (χ0) is 38.8. The molecule has 0 bridgehead atoms. The van der Waals surface area contributed by atoms with Gasteiger partial charge in [-0.05, 0) is 37.6 Å². The fourth-order valence-electron chi connectivity index (χ4n) is 6.17. The van der Waals surface area contributed by atoms with Gasteiger partial charge in [0.1, 0.15) is 15.5 Å². The second-order valence-electron chi connectivity index (χ2n) is 12.6. The zero-order valence-corrected chi connectivity index (χ0v) is 31.4. The summed E-state index contributed by atoms with van der Waals surface area (Å²) in [6, 6.07) is 15.8. The summed E-state index contributed by atoms with van der Waals surface area (Å²) in [6.45, 7) is 5.68. The molecular formula is C35H39N9O8S2. The zero-order valence-electron chi connectivity index (χ0n) is 29.8. The predicted molar refractivity (Wildman–Crippen MR) is 203 cm³/mol. The van der Waals surface area contributed by atoms with Crippen molar-refractivity contribution in [2.45, 2.75) is 22.8 Å². The number of fused-ring (bicyclic) bond motifs is 2. The second kappa shape index (κ2) is 15.5. The lowest BCUT2D eigenvalue weighted by atomic mass is 10.1. The van der Waals surface area contributed by atoms with E-state index >= 15 is 0 Å². The first-order chi connectivity index (χ1) is 25.6. The van der Waals surface area contributed by atoms with E-state index in [1.165, 1.54) is 18.2 Å². The van der Waals surface area contributed by atoms with E-state index in [1.54, 1.807) is 36.3 Å². The van der Waals surface area contributed by atoms with Crippen LogP contribution in [0, 0.1) is 0 Å². The fraction of sp³-hybridized carbons (Fsp3) is 0.257. The lowest BCUT2D eigenvalue weighted by Gasteiger charge is -2.35. The normalized spacial score (nSPS) is 14.7. The quantitative estimate of drug-likeness (QED) is 0.131. The van der Waals surface area contributed by atoms with Crippen molar-refractivity contribution in [3.05, 3.63) is 79.3 Å². The van der Waals surface area contributed by atoms with Gasteiger partial charge in [-0.2, -0.15) is 16.8 Å². The molecule has 4 heterocycles. The van der Waals surface area contributed by atoms with Gasteiger partial charge in [0.15, 0.2) is 0 Å². The van der Waals surface area contributed by atoms with Crippen LogP contribution in [0.25, 0.3) is 32.9 Å². The summed E-state index contributed by atoms with van der Waals surface area (Å²) in [4.78, 5) is 28.3. The Bertz CT molecular complexity index is 2550. The first kappa shape index (κ1) is 38.3. The number of H-pyrrole nitrogens is 1. The van der Waals surface area contributed by atoms with Gasteiger partial charge in [-0.25, -0.2) is 9.97 Å². The number of likely N-dealkylation sites (N-methyl/N-ethyl adjacent to an activating group) is 1. The largest absolute Gasteiger partial charge is 0.478 e. The van der Waals surface area contributed by atoms with Crippen molar-refractivity contribution >= 4 is 65.1 Å². The van der Waals surface area contributed by atoms with Gasteiger partial charge >= 0.3 is 0 Å². The van der Waals surface area contributed by atoms with E-state index in [2.05, 4.69) is 42.5 Å². The van der Waals surface area contributed by atoms with Crippen molar-refractivity contribution in [3.8, 4) is 17.1 Å². The van der Waals surface area contributed by atoms with Crippen LogP contribution in [0.1, 0.15) is 6.92 Å². The Labute approximate surface area is 311 Å². The highest BCUT2D eigenvalue weighted by Gasteiger charge is 2.27. The molecule has 19 heteroatoms. The molecule has 1 aliphatic heterocycles. The van der Waals surface area contributed by atoms with Gasteiger partial charge in [-0.3, -0.25) is 23.5 Å². The maximum atomic E-state index is 13.1. The Morgan fingerprint density at radius 2 is 1.63 bits per heavy atom. The van der Waals surface area contributed by atoms with E-state index in [0.29, 0.717) is 22.9 Å². The maximum absolute atomic E-state index is 13.1. The van der Waals surface area contributed by atoms with Crippen LogP contribution in [-0.2, 0) is 32.1 Å². The summed E-state index contributed by atoms with van der Waals surface area (Å²) in [6.07, 6.45) is 5.41. The van der Waals surface area contributed by atoms with Crippen molar-refractivity contribution in [1.82, 2.24) is 34.5 Å². The Balaban J connectivity index is 0.000000232. The van der Waals surface area contributed by atoms with Crippen LogP contribution in [-0.4, -0.2) is 113 Å². The van der Waals surface area contributed by atoms with E-state index in [0.717, 1.165) is 60.1 Å². The number of aryl methyl sites for hydroxylation is 1. The number of aromatic amines is 1. The number of nitrogens with zero attached hydrogens (tertiary/aromatic N) is 6. The van der Waals surface area contributed by atoms with Crippen LogP contribution >= 0.6 is 0 Å². The third-order valence-electron chi connectivity index (χ3n) is 8.98. The molecule has 3 aromatic heterocycles. The van der Waals surface area contributed by atoms with E-state index in [4.69, 9.17) is 18.8 Å². The number of ether oxygens (including phenoxy) is 1. The van der Waals surface area contributed by atoms with Gasteiger partial charge in [0.25, 0.3) is 26.1 Å². The Kier molecular flexibility index (Phi) is 11.0. The number of methoxy groups -OCH3 is 1. The summed E-state index contributed by atoms with van der Waals surface area (Å²) < 4.78 is 69.9. The molecule has 1 aliphatic rings. The molecule has 6 aromatic rings. The summed E-state index contributed by atoms with van der Waals surface area (Å²) in [5.74, 6) is 0.880. The number of carbonyl (C=O) groups excluding carboxylic acids is 1. The molecule has 5 N–H and O–H groups in total. The number of hydrogen-bond acceptors (Lipinski definition) is 12. The van der Waals surface area contributed by atoms with E-state index in [-0.39, 0.29) is 17.3 Å². The monoisotopic (exact) mass is 777 g/mol. The Morgan fingerprint density at radius 3 is 2.33 bits per heavy atom. The molecule has 1 saturated heterocycles. The number of anilines is 3. The highest BCUT2D eigenvalue weighted by molar-refractivity contribution is 7.89. The summed E-state index contributed by atoms with van der Waals surface area (Å²) >= 11 is 0. The summed E-state index contributed by atoms with van der Waals surface area (Å²) in [5, 5.41) is 12.0. The smallest absolute Gasteiger partial charge is 0.296 e. The highest BCUT2D eigenvalue weighted by Crippen LogP contribution is 2.33. The molecule has 284 valence electrons. The number of benzene rings is 3. The summed E-state index contributed by atoms with van der Waals surface area (Å²) in [5.41, 5.74) is 3.94. The minimum Gasteiger partial charge on any atom is -0.478 e. The molecule has 1 atom stereocenters. The van der Waals surface area contributed by atoms with Crippen LogP contribution in [0.3, 0.4) is 0 Å². The molecule has 0 aliphatic carbocycles. The molecule has 7 rings (SSSR count). The average Bonchev–Trinajstić information content (AvgIpc) is 3.74. The predicted octanol–water partition coefficient (Wildman–Crippen LogP) is 4.02. The van der Waals surface area contributed by atoms with Crippen LogP contribution < -0.4 is 15.4 Å². The van der Waals surface area contributed by atoms with Crippen molar-refractivity contribution < 1.29 is 35.5 Å². The molecule has 17 nitrogen and oxygen atoms in total. The van der Waals surface area contributed by atoms with Gasteiger partial charge < -0.3 is 25.3 Å². The lowest BCUT2D eigenvalue weighted by molar-refractivity contribution is -0.121. The molecule has 1 fully saturated rings. The number of amides is 1. The van der Waals surface area contributed by atoms with Crippen LogP contribution in [0.2, 0.25) is 0 Å². The van der Waals surface area contributed by atoms with Crippen LogP contribution in [0.4, 0.5) is 17.3 Å². The third-order valence-corrected chi connectivity index (χ3v) is 11.0. The number of nitrogens with one attached hydrogen (secondary N) is 3. The van der Waals surface area contributed by atoms with E-state index in [9.17, 15) is 21.6 Å². The molecule has 1 unspecified atom stereocenters. The Hall–Kier alpha value is -5.44. The molecule has 0 saturated carbocycles. The van der Waals surface area contributed by atoms with E-state index in [1.807, 2.05) is 44.4 Å². The minimum absolute atomic E-state index is 0.0119. The Morgan fingerprint density at radius 1 is 0.907 bits per heavy atom. The van der Waals surface area contributed by atoms with E-state index < -0.39 is 30.0 Å². The topological polar surface area (TPSA) is 225 Å². The summed E-state index contributed by atoms with van der Waals surface area (Å²) in [7, 11) is -4.03. The molecule has 54 heavy (non-hydrogen) atoms. The number of aromatic nitrogens is 5. The van der Waals surface area contributed by atoms with Crippen molar-refractivity contribution in [1.29, 1.82) is 0 Å². The molecule has 0 spiro atoms. The van der Waals surface area contributed by atoms with Gasteiger partial charge in [0.05, 0.1) is 36.2 Å². The number of carbonyl (C=O) groups is 1. The SMILES string of the molecule is COc1nn(C)cc1Nc1nccc(-c2c[nH]c3c(NC(=O)C(C)N4CCN(C)CC4)cccc23)n1.O=S(=O)(O)c1ccc2ccccc2c1S(=O)(=O)O. The molecular weight excluding hydrogens is 739 g/mol.